The van der Waals surface area contributed by atoms with Gasteiger partial charge in [0.25, 0.3) is 5.91 Å². The summed E-state index contributed by atoms with van der Waals surface area (Å²) in [7, 11) is 0. The monoisotopic (exact) mass is 264 g/mol. The Labute approximate surface area is 115 Å². The minimum Gasteiger partial charge on any atom is -0.494 e. The maximum absolute atomic E-state index is 12.1. The molecule has 0 saturated carbocycles. The molecule has 0 spiro atoms. The molecule has 0 aromatic heterocycles. The lowest BCUT2D eigenvalue weighted by Crippen LogP contribution is -2.39. The topological polar surface area (TPSA) is 64.3 Å². The van der Waals surface area contributed by atoms with Crippen LogP contribution in [-0.4, -0.2) is 25.1 Å². The number of amides is 1. The van der Waals surface area contributed by atoms with E-state index in [0.29, 0.717) is 24.6 Å². The van der Waals surface area contributed by atoms with Crippen molar-refractivity contribution in [1.29, 1.82) is 0 Å². The van der Waals surface area contributed by atoms with Crippen LogP contribution >= 0.6 is 0 Å². The maximum Gasteiger partial charge on any atom is 0.251 e. The van der Waals surface area contributed by atoms with Gasteiger partial charge in [-0.05, 0) is 50.1 Å². The summed E-state index contributed by atoms with van der Waals surface area (Å²) in [5.74, 6) is 1.09. The Kier molecular flexibility index (Phi) is 6.36. The fraction of sp³-hybridized carbons (Fsp3) is 0.533. The summed E-state index contributed by atoms with van der Waals surface area (Å²) in [5, 5.41) is 3.03. The molecule has 0 radical (unpaired) electrons. The predicted molar refractivity (Wildman–Crippen MR) is 77.4 cm³/mol. The summed E-state index contributed by atoms with van der Waals surface area (Å²) in [4.78, 5) is 12.1. The molecule has 19 heavy (non-hydrogen) atoms. The normalized spacial score (nSPS) is 12.3. The zero-order valence-corrected chi connectivity index (χ0v) is 12.0. The number of hydrogen-bond donors (Lipinski definition) is 2. The van der Waals surface area contributed by atoms with Crippen LogP contribution < -0.4 is 15.8 Å². The Morgan fingerprint density at radius 3 is 2.42 bits per heavy atom. The van der Waals surface area contributed by atoms with Gasteiger partial charge in [-0.3, -0.25) is 4.79 Å². The molecule has 0 fully saturated rings. The van der Waals surface area contributed by atoms with Crippen molar-refractivity contribution in [2.24, 2.45) is 11.7 Å². The first kappa shape index (κ1) is 15.5. The van der Waals surface area contributed by atoms with E-state index in [-0.39, 0.29) is 11.9 Å². The van der Waals surface area contributed by atoms with Crippen molar-refractivity contribution in [1.82, 2.24) is 5.32 Å². The van der Waals surface area contributed by atoms with Crippen LogP contribution in [0.2, 0.25) is 0 Å². The van der Waals surface area contributed by atoms with Crippen LogP contribution in [0.1, 0.15) is 37.6 Å². The van der Waals surface area contributed by atoms with E-state index in [1.807, 2.05) is 19.1 Å². The number of hydrogen-bond acceptors (Lipinski definition) is 3. The zero-order chi connectivity index (χ0) is 14.3. The second-order valence-electron chi connectivity index (χ2n) is 4.86. The SMILES string of the molecule is CCOc1ccc(C(=O)NC(CCN)C(C)C)cc1. The molecule has 0 aliphatic heterocycles. The summed E-state index contributed by atoms with van der Waals surface area (Å²) in [6, 6.07) is 7.29. The Bertz CT molecular complexity index is 388. The zero-order valence-electron chi connectivity index (χ0n) is 12.0. The summed E-state index contributed by atoms with van der Waals surface area (Å²) in [5.41, 5.74) is 6.21. The van der Waals surface area contributed by atoms with Gasteiger partial charge >= 0.3 is 0 Å². The Morgan fingerprint density at radius 1 is 1.32 bits per heavy atom. The van der Waals surface area contributed by atoms with E-state index in [1.54, 1.807) is 12.1 Å². The molecule has 1 aromatic rings. The van der Waals surface area contributed by atoms with Crippen molar-refractivity contribution in [2.45, 2.75) is 33.2 Å². The third kappa shape index (κ3) is 4.91. The summed E-state index contributed by atoms with van der Waals surface area (Å²) in [6.45, 7) is 7.29. The van der Waals surface area contributed by atoms with Crippen LogP contribution in [0.25, 0.3) is 0 Å². The van der Waals surface area contributed by atoms with E-state index in [9.17, 15) is 4.79 Å². The van der Waals surface area contributed by atoms with Crippen LogP contribution in [0.4, 0.5) is 0 Å². The minimum absolute atomic E-state index is 0.0600. The Balaban J connectivity index is 2.66. The van der Waals surface area contributed by atoms with E-state index in [1.165, 1.54) is 0 Å². The largest absolute Gasteiger partial charge is 0.494 e. The molecule has 0 aliphatic rings. The van der Waals surface area contributed by atoms with E-state index in [0.717, 1.165) is 12.2 Å². The number of carbonyl (C=O) groups excluding carboxylic acids is 1. The molecule has 0 aliphatic carbocycles. The molecule has 1 amide bonds. The van der Waals surface area contributed by atoms with Gasteiger partial charge in [-0.1, -0.05) is 13.8 Å². The number of nitrogens with two attached hydrogens (primary N) is 1. The fourth-order valence-corrected chi connectivity index (χ4v) is 1.87. The number of benzene rings is 1. The molecule has 0 bridgehead atoms. The highest BCUT2D eigenvalue weighted by atomic mass is 16.5. The minimum atomic E-state index is -0.0600. The van der Waals surface area contributed by atoms with Gasteiger partial charge in [0.1, 0.15) is 5.75 Å². The summed E-state index contributed by atoms with van der Waals surface area (Å²) in [6.07, 6.45) is 0.792. The van der Waals surface area contributed by atoms with Crippen molar-refractivity contribution in [3.05, 3.63) is 29.8 Å². The highest BCUT2D eigenvalue weighted by molar-refractivity contribution is 5.94. The molecule has 1 rings (SSSR count). The van der Waals surface area contributed by atoms with Crippen molar-refractivity contribution in [2.75, 3.05) is 13.2 Å². The van der Waals surface area contributed by atoms with Crippen LogP contribution in [0.5, 0.6) is 5.75 Å². The molecule has 3 N–H and O–H groups in total. The first-order chi connectivity index (χ1) is 9.08. The third-order valence-corrected chi connectivity index (χ3v) is 3.03. The first-order valence-electron chi connectivity index (χ1n) is 6.82. The van der Waals surface area contributed by atoms with Crippen LogP contribution in [0.15, 0.2) is 24.3 Å². The standard InChI is InChI=1S/C15H24N2O2/c1-4-19-13-7-5-12(6-8-13)15(18)17-14(9-10-16)11(2)3/h5-8,11,14H,4,9-10,16H2,1-3H3,(H,17,18). The quantitative estimate of drug-likeness (QED) is 0.793. The molecular formula is C15H24N2O2. The molecule has 4 heteroatoms. The lowest BCUT2D eigenvalue weighted by molar-refractivity contribution is 0.0924. The van der Waals surface area contributed by atoms with Gasteiger partial charge in [0.05, 0.1) is 6.61 Å². The van der Waals surface area contributed by atoms with Crippen molar-refractivity contribution in [3.63, 3.8) is 0 Å². The van der Waals surface area contributed by atoms with Crippen molar-refractivity contribution >= 4 is 5.91 Å². The molecule has 106 valence electrons. The highest BCUT2D eigenvalue weighted by Gasteiger charge is 2.16. The van der Waals surface area contributed by atoms with Gasteiger partial charge in [0.2, 0.25) is 0 Å². The second kappa shape index (κ2) is 7.79. The van der Waals surface area contributed by atoms with Crippen molar-refractivity contribution in [3.8, 4) is 5.75 Å². The number of ether oxygens (including phenoxy) is 1. The van der Waals surface area contributed by atoms with Crippen molar-refractivity contribution < 1.29 is 9.53 Å². The smallest absolute Gasteiger partial charge is 0.251 e. The van der Waals surface area contributed by atoms with E-state index < -0.39 is 0 Å². The average Bonchev–Trinajstić information content (AvgIpc) is 2.39. The molecule has 1 unspecified atom stereocenters. The lowest BCUT2D eigenvalue weighted by atomic mass is 10.0. The van der Waals surface area contributed by atoms with Gasteiger partial charge < -0.3 is 15.8 Å². The Hall–Kier alpha value is -1.55. The number of rotatable bonds is 7. The van der Waals surface area contributed by atoms with E-state index >= 15 is 0 Å². The van der Waals surface area contributed by atoms with E-state index in [2.05, 4.69) is 19.2 Å². The molecule has 1 atom stereocenters. The molecule has 0 saturated heterocycles. The average molecular weight is 264 g/mol. The highest BCUT2D eigenvalue weighted by Crippen LogP contribution is 2.13. The van der Waals surface area contributed by atoms with Gasteiger partial charge in [0.15, 0.2) is 0 Å². The molecule has 1 aromatic carbocycles. The van der Waals surface area contributed by atoms with Crippen LogP contribution in [0, 0.1) is 5.92 Å². The van der Waals surface area contributed by atoms with E-state index in [4.69, 9.17) is 10.5 Å². The number of nitrogens with one attached hydrogen (secondary N) is 1. The number of carbonyl (C=O) groups is 1. The third-order valence-electron chi connectivity index (χ3n) is 3.03. The fourth-order valence-electron chi connectivity index (χ4n) is 1.87. The molecule has 0 heterocycles. The van der Waals surface area contributed by atoms with Crippen LogP contribution in [-0.2, 0) is 0 Å². The van der Waals surface area contributed by atoms with Gasteiger partial charge in [-0.2, -0.15) is 0 Å². The maximum atomic E-state index is 12.1. The molecular weight excluding hydrogens is 240 g/mol. The van der Waals surface area contributed by atoms with Crippen LogP contribution in [0.3, 0.4) is 0 Å². The lowest BCUT2D eigenvalue weighted by Gasteiger charge is -2.21. The summed E-state index contributed by atoms with van der Waals surface area (Å²) < 4.78 is 5.35. The first-order valence-corrected chi connectivity index (χ1v) is 6.82. The van der Waals surface area contributed by atoms with Gasteiger partial charge in [-0.25, -0.2) is 0 Å². The summed E-state index contributed by atoms with van der Waals surface area (Å²) >= 11 is 0. The second-order valence-corrected chi connectivity index (χ2v) is 4.86. The van der Waals surface area contributed by atoms with Gasteiger partial charge in [0, 0.05) is 11.6 Å². The molecule has 4 nitrogen and oxygen atoms in total. The predicted octanol–water partition coefficient (Wildman–Crippen LogP) is 2.19. The van der Waals surface area contributed by atoms with Gasteiger partial charge in [-0.15, -0.1) is 0 Å². The Morgan fingerprint density at radius 2 is 1.95 bits per heavy atom.